The summed E-state index contributed by atoms with van der Waals surface area (Å²) in [5, 5.41) is 0.905. The Morgan fingerprint density at radius 1 is 1.10 bits per heavy atom. The number of nitrogens with one attached hydrogen (secondary N) is 1. The molecule has 1 heterocycles. The fourth-order valence-electron chi connectivity index (χ4n) is 3.54. The minimum atomic E-state index is -0.743. The van der Waals surface area contributed by atoms with Gasteiger partial charge in [0, 0.05) is 31.9 Å². The minimum absolute atomic E-state index is 0.143. The van der Waals surface area contributed by atoms with E-state index in [0.29, 0.717) is 24.3 Å². The monoisotopic (exact) mass is 399 g/mol. The maximum Gasteiger partial charge on any atom is 0.248 e. The molecule has 2 aromatic carbocycles. The summed E-state index contributed by atoms with van der Waals surface area (Å²) in [4.78, 5) is 14.2. The lowest BCUT2D eigenvalue weighted by atomic mass is 9.91. The first-order chi connectivity index (χ1) is 13.9. The van der Waals surface area contributed by atoms with Crippen molar-refractivity contribution in [3.05, 3.63) is 75.8 Å². The van der Waals surface area contributed by atoms with Gasteiger partial charge in [-0.05, 0) is 60.2 Å². The van der Waals surface area contributed by atoms with Crippen LogP contribution < -0.4 is 10.3 Å². The highest BCUT2D eigenvalue weighted by Crippen LogP contribution is 2.34. The average molecular weight is 399 g/mol. The van der Waals surface area contributed by atoms with Crippen molar-refractivity contribution in [1.82, 2.24) is 4.98 Å². The molecule has 0 saturated heterocycles. The Labute approximate surface area is 169 Å². The third kappa shape index (κ3) is 4.49. The molecule has 0 amide bonds. The topological polar surface area (TPSA) is 60.6 Å². The third-order valence-corrected chi connectivity index (χ3v) is 5.27. The average Bonchev–Trinajstić information content (AvgIpc) is 2.71. The van der Waals surface area contributed by atoms with Crippen molar-refractivity contribution in [2.45, 2.75) is 32.0 Å². The molecule has 0 spiro atoms. The molecule has 1 aromatic heterocycles. The Bertz CT molecular complexity index is 1040. The van der Waals surface area contributed by atoms with Crippen LogP contribution in [0.15, 0.2) is 53.3 Å². The Morgan fingerprint density at radius 3 is 2.59 bits per heavy atom. The van der Waals surface area contributed by atoms with Crippen LogP contribution in [0.25, 0.3) is 10.9 Å². The number of pyridine rings is 1. The van der Waals surface area contributed by atoms with E-state index in [2.05, 4.69) is 4.98 Å². The van der Waals surface area contributed by atoms with Crippen molar-refractivity contribution < 1.29 is 18.6 Å². The van der Waals surface area contributed by atoms with E-state index in [-0.39, 0.29) is 11.7 Å². The van der Waals surface area contributed by atoms with Crippen molar-refractivity contribution >= 4 is 10.9 Å². The van der Waals surface area contributed by atoms with Gasteiger partial charge in [-0.3, -0.25) is 4.79 Å². The molecule has 5 nitrogen and oxygen atoms in total. The lowest BCUT2D eigenvalue weighted by Crippen LogP contribution is -2.33. The molecule has 0 aliphatic rings. The van der Waals surface area contributed by atoms with Gasteiger partial charge in [-0.2, -0.15) is 0 Å². The lowest BCUT2D eigenvalue weighted by molar-refractivity contribution is -0.0722. The molecule has 0 fully saturated rings. The third-order valence-electron chi connectivity index (χ3n) is 5.27. The first kappa shape index (κ1) is 21.0. The second-order valence-corrected chi connectivity index (χ2v) is 7.09. The number of aromatic nitrogens is 1. The van der Waals surface area contributed by atoms with Crippen molar-refractivity contribution in [2.75, 3.05) is 20.8 Å². The SMILES string of the molecule is CCC(COC)(OC)c1cc(F)cc(OC(C)c2ccc3[nH]c(=O)ccc3c2)c1. The van der Waals surface area contributed by atoms with Gasteiger partial charge in [0.25, 0.3) is 0 Å². The zero-order valence-electron chi connectivity index (χ0n) is 17.1. The van der Waals surface area contributed by atoms with Gasteiger partial charge in [-0.15, -0.1) is 0 Å². The molecule has 3 rings (SSSR count). The molecule has 0 bridgehead atoms. The number of ether oxygens (including phenoxy) is 3. The van der Waals surface area contributed by atoms with Gasteiger partial charge in [-0.1, -0.05) is 13.0 Å². The summed E-state index contributed by atoms with van der Waals surface area (Å²) < 4.78 is 31.4. The van der Waals surface area contributed by atoms with E-state index in [1.165, 1.54) is 18.2 Å². The van der Waals surface area contributed by atoms with Crippen LogP contribution in [0, 0.1) is 5.82 Å². The standard InChI is InChI=1S/C23H26FNO4/c1-5-23(28-4,14-27-3)18-11-19(24)13-20(12-18)29-15(2)16-6-8-21-17(10-16)7-9-22(26)25-21/h6-13,15H,5,14H2,1-4H3,(H,25,26). The number of rotatable bonds is 8. The molecule has 0 aliphatic carbocycles. The van der Waals surface area contributed by atoms with Gasteiger partial charge in [0.1, 0.15) is 23.3 Å². The van der Waals surface area contributed by atoms with Gasteiger partial charge < -0.3 is 19.2 Å². The van der Waals surface area contributed by atoms with Crippen LogP contribution in [0.5, 0.6) is 5.75 Å². The Balaban J connectivity index is 1.90. The van der Waals surface area contributed by atoms with Crippen LogP contribution in [-0.4, -0.2) is 25.8 Å². The van der Waals surface area contributed by atoms with Crippen LogP contribution in [0.4, 0.5) is 4.39 Å². The lowest BCUT2D eigenvalue weighted by Gasteiger charge is -2.31. The summed E-state index contributed by atoms with van der Waals surface area (Å²) in [7, 11) is 3.19. The van der Waals surface area contributed by atoms with E-state index in [0.717, 1.165) is 16.5 Å². The molecule has 0 aliphatic heterocycles. The van der Waals surface area contributed by atoms with Crippen LogP contribution >= 0.6 is 0 Å². The summed E-state index contributed by atoms with van der Waals surface area (Å²) in [6, 6.07) is 13.5. The van der Waals surface area contributed by atoms with Gasteiger partial charge >= 0.3 is 0 Å². The number of benzene rings is 2. The first-order valence-corrected chi connectivity index (χ1v) is 9.55. The zero-order valence-corrected chi connectivity index (χ0v) is 17.1. The molecule has 2 atom stereocenters. The molecule has 6 heteroatoms. The summed E-state index contributed by atoms with van der Waals surface area (Å²) in [5.41, 5.74) is 1.46. The predicted octanol–water partition coefficient (Wildman–Crippen LogP) is 4.71. The van der Waals surface area contributed by atoms with Crippen LogP contribution in [0.1, 0.15) is 37.5 Å². The molecular formula is C23H26FNO4. The molecule has 2 unspecified atom stereocenters. The van der Waals surface area contributed by atoms with Crippen molar-refractivity contribution in [3.8, 4) is 5.75 Å². The van der Waals surface area contributed by atoms with Crippen molar-refractivity contribution in [1.29, 1.82) is 0 Å². The Morgan fingerprint density at radius 2 is 1.90 bits per heavy atom. The molecule has 0 radical (unpaired) electrons. The van der Waals surface area contributed by atoms with E-state index in [1.807, 2.05) is 32.0 Å². The zero-order chi connectivity index (χ0) is 21.0. The molecular weight excluding hydrogens is 373 g/mol. The van der Waals surface area contributed by atoms with E-state index in [1.54, 1.807) is 26.4 Å². The van der Waals surface area contributed by atoms with E-state index in [9.17, 15) is 9.18 Å². The molecule has 154 valence electrons. The van der Waals surface area contributed by atoms with Crippen LogP contribution in [0.3, 0.4) is 0 Å². The Kier molecular flexibility index (Phi) is 6.35. The van der Waals surface area contributed by atoms with Crippen LogP contribution in [-0.2, 0) is 15.1 Å². The van der Waals surface area contributed by atoms with Gasteiger partial charge in [-0.25, -0.2) is 4.39 Å². The first-order valence-electron chi connectivity index (χ1n) is 9.55. The van der Waals surface area contributed by atoms with Gasteiger partial charge in [0.05, 0.1) is 6.61 Å². The fraction of sp³-hybridized carbons (Fsp3) is 0.348. The van der Waals surface area contributed by atoms with Crippen molar-refractivity contribution in [3.63, 3.8) is 0 Å². The predicted molar refractivity (Wildman–Crippen MR) is 111 cm³/mol. The number of methoxy groups -OCH3 is 2. The summed E-state index contributed by atoms with van der Waals surface area (Å²) in [5.74, 6) is 0.0202. The summed E-state index contributed by atoms with van der Waals surface area (Å²) in [6.45, 7) is 4.17. The fourth-order valence-corrected chi connectivity index (χ4v) is 3.54. The van der Waals surface area contributed by atoms with Crippen molar-refractivity contribution in [2.24, 2.45) is 0 Å². The Hall–Kier alpha value is -2.70. The minimum Gasteiger partial charge on any atom is -0.486 e. The maximum absolute atomic E-state index is 14.4. The highest BCUT2D eigenvalue weighted by atomic mass is 19.1. The van der Waals surface area contributed by atoms with Gasteiger partial charge in [0.2, 0.25) is 5.56 Å². The van der Waals surface area contributed by atoms with Crippen LogP contribution in [0.2, 0.25) is 0 Å². The summed E-state index contributed by atoms with van der Waals surface area (Å²) >= 11 is 0. The molecule has 0 saturated carbocycles. The molecule has 1 N–H and O–H groups in total. The number of fused-ring (bicyclic) bond motifs is 1. The van der Waals surface area contributed by atoms with Gasteiger partial charge in [0.15, 0.2) is 0 Å². The maximum atomic E-state index is 14.4. The number of H-pyrrole nitrogens is 1. The second kappa shape index (κ2) is 8.76. The second-order valence-electron chi connectivity index (χ2n) is 7.09. The van der Waals surface area contributed by atoms with E-state index >= 15 is 0 Å². The summed E-state index contributed by atoms with van der Waals surface area (Å²) in [6.07, 6.45) is 0.306. The number of hydrogen-bond acceptors (Lipinski definition) is 4. The van der Waals surface area contributed by atoms with E-state index in [4.69, 9.17) is 14.2 Å². The number of hydrogen-bond donors (Lipinski definition) is 1. The number of aromatic amines is 1. The smallest absolute Gasteiger partial charge is 0.248 e. The highest BCUT2D eigenvalue weighted by molar-refractivity contribution is 5.79. The highest BCUT2D eigenvalue weighted by Gasteiger charge is 2.31. The largest absolute Gasteiger partial charge is 0.486 e. The molecule has 29 heavy (non-hydrogen) atoms. The number of halogens is 1. The molecule has 3 aromatic rings. The normalized spacial score (nSPS) is 14.5. The quantitative estimate of drug-likeness (QED) is 0.596. The van der Waals surface area contributed by atoms with E-state index < -0.39 is 11.4 Å².